The van der Waals surface area contributed by atoms with Gasteiger partial charge in [0.2, 0.25) is 17.5 Å². The summed E-state index contributed by atoms with van der Waals surface area (Å²) >= 11 is 0.827. The van der Waals surface area contributed by atoms with Gasteiger partial charge in [0.1, 0.15) is 24.9 Å². The number of benzene rings is 2. The van der Waals surface area contributed by atoms with Gasteiger partial charge in [-0.1, -0.05) is 32.8 Å². The van der Waals surface area contributed by atoms with Gasteiger partial charge in [-0.25, -0.2) is 23.8 Å². The van der Waals surface area contributed by atoms with Crippen molar-refractivity contribution in [1.29, 1.82) is 0 Å². The number of anilines is 2. The predicted octanol–water partition coefficient (Wildman–Crippen LogP) is 4.31. The smallest absolute Gasteiger partial charge is 0.489 e. The molecule has 2 aromatic heterocycles. The molecule has 4 aromatic rings. The molecule has 0 spiro atoms. The fourth-order valence-electron chi connectivity index (χ4n) is 9.99. The van der Waals surface area contributed by atoms with Gasteiger partial charge in [0.05, 0.1) is 35.3 Å². The van der Waals surface area contributed by atoms with Gasteiger partial charge in [-0.3, -0.25) is 33.3 Å². The second-order valence-electron chi connectivity index (χ2n) is 20.2. The van der Waals surface area contributed by atoms with Crippen molar-refractivity contribution in [2.75, 3.05) is 43.4 Å². The Bertz CT molecular complexity index is 3390. The average Bonchev–Trinajstić information content (AvgIpc) is 4.17. The molecule has 5 heterocycles. The number of phosphoric ester groups is 1. The monoisotopic (exact) mass is 1230 g/mol. The Morgan fingerprint density at radius 1 is 0.963 bits per heavy atom. The van der Waals surface area contributed by atoms with Gasteiger partial charge in [0.15, 0.2) is 23.1 Å². The SMILES string of the molecule is CCN1/C(=C/C=C/C2=[N+](CCCCCC(=O)NCCCCCCNP(=O)(O)OP(=O)(O)OP(=O)(O)OCC3OC(n4cnc5c(=O)[nH]c(N)nc54)C(O)C3O)c3ccc(S(=O)(=O)O)cc3C2(C)C)C(C)(C)c2cc(SOO[O-])ccc21. The molecule has 0 aliphatic carbocycles. The number of ether oxygens (including phenoxy) is 1. The Labute approximate surface area is 469 Å². The van der Waals surface area contributed by atoms with Gasteiger partial charge in [0.25, 0.3) is 15.7 Å². The number of fused-ring (bicyclic) bond motifs is 3. The summed E-state index contributed by atoms with van der Waals surface area (Å²) in [4.78, 5) is 67.9. The van der Waals surface area contributed by atoms with Crippen LogP contribution < -0.4 is 31.9 Å². The van der Waals surface area contributed by atoms with Gasteiger partial charge in [-0.2, -0.15) is 30.9 Å². The average molecular weight is 1230 g/mol. The first-order valence-corrected chi connectivity index (χ1v) is 32.3. The molecule has 1 saturated heterocycles. The Morgan fingerprint density at radius 3 is 2.38 bits per heavy atom. The highest BCUT2D eigenvalue weighted by Crippen LogP contribution is 2.66. The minimum Gasteiger partial charge on any atom is -0.691 e. The number of rotatable bonds is 29. The summed E-state index contributed by atoms with van der Waals surface area (Å²) in [6, 6.07) is 10.4. The molecule has 81 heavy (non-hydrogen) atoms. The molecule has 0 radical (unpaired) electrons. The highest BCUT2D eigenvalue weighted by atomic mass is 32.2. The number of amides is 1. The molecular weight excluding hydrogens is 1170 g/mol. The first-order chi connectivity index (χ1) is 38.0. The Kier molecular flexibility index (Phi) is 20.7. The van der Waals surface area contributed by atoms with Crippen molar-refractivity contribution in [2.24, 2.45) is 0 Å². The molecular formula is C47H66N9O20P3S2. The molecule has 1 fully saturated rings. The number of nitrogens with zero attached hydrogens (tertiary/aromatic N) is 5. The number of imidazole rings is 1. The third-order valence-electron chi connectivity index (χ3n) is 13.9. The van der Waals surface area contributed by atoms with Crippen molar-refractivity contribution >= 4 is 85.7 Å². The molecule has 34 heteroatoms. The van der Waals surface area contributed by atoms with E-state index in [4.69, 9.17) is 10.5 Å². The minimum absolute atomic E-state index is 0.125. The molecule has 7 unspecified atom stereocenters. The predicted molar refractivity (Wildman–Crippen MR) is 291 cm³/mol. The standard InChI is InChI=1S/C47H66N9O20P3S2/c1-6-54-33-20-18-29(80-74-73-61)25-31(33)46(2,3)36(54)15-14-16-37-47(4,5)32-26-30(81(68,69)70)19-21-34(32)55(37)24-13-9-10-17-38(57)49-22-11-7-8-12-23-51-77(62,63)75-79(66,67)76-78(64,65)71-27-35-40(58)41(59)44(72-35)56-28-50-39-42(56)52-45(48)53-43(39)60/h14-16,18-21,25-26,28,35,40-41,44,58-59H,6-13,17,22-24,27H2,1-5H3,(H9-,48,49,51,52,53,57,60,61,62,63,64,65,66,67,68,69,70). The number of H-pyrrole nitrogens is 1. The molecule has 0 saturated carbocycles. The number of likely N-dealkylation sites (N-methyl/N-ethyl adjacent to an activating group) is 1. The van der Waals surface area contributed by atoms with Crippen molar-refractivity contribution in [1.82, 2.24) is 29.9 Å². The topological polar surface area (TPSA) is 422 Å². The number of phosphoric acid groups is 2. The molecule has 3 aliphatic rings. The molecule has 7 rings (SSSR count). The van der Waals surface area contributed by atoms with Crippen LogP contribution in [0.5, 0.6) is 0 Å². The van der Waals surface area contributed by atoms with Gasteiger partial charge < -0.3 is 50.8 Å². The lowest BCUT2D eigenvalue weighted by Gasteiger charge is -2.25. The Hall–Kier alpha value is -4.56. The van der Waals surface area contributed by atoms with Crippen LogP contribution in [0.3, 0.4) is 0 Å². The molecule has 2 aromatic carbocycles. The van der Waals surface area contributed by atoms with Gasteiger partial charge >= 0.3 is 23.4 Å². The van der Waals surface area contributed by atoms with Gasteiger partial charge in [0, 0.05) is 71.9 Å². The molecule has 3 aliphatic heterocycles. The van der Waals surface area contributed by atoms with Crippen LogP contribution in [0.25, 0.3) is 11.2 Å². The molecule has 0 bridgehead atoms. The summed E-state index contributed by atoms with van der Waals surface area (Å²) in [6.45, 7) is 10.7. The first-order valence-electron chi connectivity index (χ1n) is 25.5. The lowest BCUT2D eigenvalue weighted by Crippen LogP contribution is -2.33. The van der Waals surface area contributed by atoms with E-state index < -0.39 is 81.0 Å². The third kappa shape index (κ3) is 15.4. The summed E-state index contributed by atoms with van der Waals surface area (Å²) in [6.07, 6.45) is 4.80. The molecule has 7 atom stereocenters. The van der Waals surface area contributed by atoms with Crippen LogP contribution in [-0.4, -0.2) is 125 Å². The van der Waals surface area contributed by atoms with E-state index in [0.717, 1.165) is 56.8 Å². The number of carbonyl (C=O) groups excluding carboxylic acids is 1. The van der Waals surface area contributed by atoms with Crippen molar-refractivity contribution in [3.63, 3.8) is 0 Å². The van der Waals surface area contributed by atoms with E-state index in [1.54, 1.807) is 6.07 Å². The zero-order chi connectivity index (χ0) is 59.3. The Morgan fingerprint density at radius 2 is 1.68 bits per heavy atom. The summed E-state index contributed by atoms with van der Waals surface area (Å²) in [5, 5.41) is 40.1. The number of hydrogen-bond donors (Lipinski definition) is 10. The summed E-state index contributed by atoms with van der Waals surface area (Å²) in [5.74, 6) is -0.432. The lowest BCUT2D eigenvalue weighted by atomic mass is 9.81. The fourth-order valence-corrected chi connectivity index (χ4v) is 14.6. The number of hydrogen-bond acceptors (Lipinski definition) is 21. The molecule has 446 valence electrons. The highest BCUT2D eigenvalue weighted by Gasteiger charge is 2.48. The van der Waals surface area contributed by atoms with E-state index in [0.29, 0.717) is 63.1 Å². The van der Waals surface area contributed by atoms with Crippen LogP contribution >= 0.6 is 35.4 Å². The van der Waals surface area contributed by atoms with Crippen molar-refractivity contribution in [3.05, 3.63) is 88.1 Å². The number of allylic oxidation sites excluding steroid dienone is 4. The molecule has 1 amide bonds. The van der Waals surface area contributed by atoms with Crippen LogP contribution in [-0.2, 0) is 66.7 Å². The lowest BCUT2D eigenvalue weighted by molar-refractivity contribution is -0.777. The van der Waals surface area contributed by atoms with E-state index in [1.165, 1.54) is 12.1 Å². The summed E-state index contributed by atoms with van der Waals surface area (Å²) < 4.78 is 98.3. The number of unbranched alkanes of at least 4 members (excludes halogenated alkanes) is 5. The van der Waals surface area contributed by atoms with Crippen molar-refractivity contribution in [2.45, 2.75) is 131 Å². The second kappa shape index (κ2) is 26.1. The largest absolute Gasteiger partial charge is 0.691 e. The summed E-state index contributed by atoms with van der Waals surface area (Å²) in [7, 11) is -20.9. The van der Waals surface area contributed by atoms with Crippen LogP contribution in [0.15, 0.2) is 81.2 Å². The van der Waals surface area contributed by atoms with Crippen LogP contribution in [0, 0.1) is 0 Å². The normalized spacial score (nSPS) is 22.3. The number of aromatic amines is 1. The highest BCUT2D eigenvalue weighted by molar-refractivity contribution is 7.94. The summed E-state index contributed by atoms with van der Waals surface area (Å²) in [5.41, 5.74) is 9.04. The fraction of sp³-hybridized carbons (Fsp3) is 0.511. The van der Waals surface area contributed by atoms with E-state index >= 15 is 0 Å². The first kappa shape index (κ1) is 64.0. The Balaban J connectivity index is 0.818. The number of nitrogen functional groups attached to an aromatic ring is 1. The zero-order valence-electron chi connectivity index (χ0n) is 44.6. The van der Waals surface area contributed by atoms with E-state index in [9.17, 15) is 66.4 Å². The third-order valence-corrected chi connectivity index (χ3v) is 19.8. The number of aliphatic hydroxyl groups excluding tert-OH is 2. The number of aromatic nitrogens is 4. The van der Waals surface area contributed by atoms with Crippen LogP contribution in [0.2, 0.25) is 0 Å². The minimum atomic E-state index is -5.77. The van der Waals surface area contributed by atoms with E-state index in [1.807, 2.05) is 44.2 Å². The number of nitrogens with two attached hydrogens (primary N) is 1. The second-order valence-corrected chi connectivity index (χ2v) is 27.2. The molecule has 29 nitrogen and oxygen atoms in total. The quantitative estimate of drug-likeness (QED) is 0.00688. The maximum Gasteiger partial charge on any atom is 0.489 e. The zero-order valence-corrected chi connectivity index (χ0v) is 49.0. The molecule has 11 N–H and O–H groups in total. The van der Waals surface area contributed by atoms with E-state index in [-0.39, 0.29) is 47.3 Å². The number of nitrogens with one attached hydrogen (secondary N) is 3. The van der Waals surface area contributed by atoms with Crippen molar-refractivity contribution < 1.29 is 93.4 Å². The van der Waals surface area contributed by atoms with Crippen LogP contribution in [0.1, 0.15) is 103 Å². The van der Waals surface area contributed by atoms with Gasteiger partial charge in [-0.15, -0.1) is 0 Å². The number of carbonyl (C=O) groups is 1. The van der Waals surface area contributed by atoms with Gasteiger partial charge in [-0.05, 0) is 88.4 Å². The van der Waals surface area contributed by atoms with Crippen molar-refractivity contribution in [3.8, 4) is 0 Å². The maximum absolute atomic E-state index is 12.7. The number of aliphatic hydroxyl groups is 2. The van der Waals surface area contributed by atoms with Crippen LogP contribution in [0.4, 0.5) is 17.3 Å². The maximum atomic E-state index is 12.7. The van der Waals surface area contributed by atoms with E-state index in [2.05, 4.69) is 84.2 Å².